The van der Waals surface area contributed by atoms with E-state index in [-0.39, 0.29) is 0 Å². The van der Waals surface area contributed by atoms with Crippen molar-refractivity contribution in [3.63, 3.8) is 0 Å². The molecule has 21 heavy (non-hydrogen) atoms. The van der Waals surface area contributed by atoms with Gasteiger partial charge < -0.3 is 4.74 Å². The molecule has 2 aromatic rings. The van der Waals surface area contributed by atoms with Gasteiger partial charge in [-0.1, -0.05) is 26.0 Å². The summed E-state index contributed by atoms with van der Waals surface area (Å²) in [5, 5.41) is 0. The van der Waals surface area contributed by atoms with E-state index in [0.717, 1.165) is 28.1 Å². The number of halogens is 1. The number of hydrogen-bond acceptors (Lipinski definition) is 2. The van der Waals surface area contributed by atoms with Gasteiger partial charge in [-0.25, -0.2) is 4.98 Å². The van der Waals surface area contributed by atoms with E-state index in [1.807, 2.05) is 12.1 Å². The second-order valence-corrected chi connectivity index (χ2v) is 6.05. The van der Waals surface area contributed by atoms with E-state index in [9.17, 15) is 0 Å². The van der Waals surface area contributed by atoms with Crippen molar-refractivity contribution >= 4 is 11.6 Å². The average molecular weight is 304 g/mol. The van der Waals surface area contributed by atoms with Gasteiger partial charge in [0, 0.05) is 17.6 Å². The standard InChI is InChI=1S/C18H22ClNO/c1-11(2)16-8-15(10-19)9-17(20-16)21-18-13(4)7-6-12(3)14(18)5/h6-9,11H,10H2,1-5H3. The molecular weight excluding hydrogens is 282 g/mol. The molecule has 0 fully saturated rings. The number of aryl methyl sites for hydroxylation is 2. The van der Waals surface area contributed by atoms with Crippen molar-refractivity contribution in [2.45, 2.75) is 46.4 Å². The first-order chi connectivity index (χ1) is 9.92. The predicted molar refractivity (Wildman–Crippen MR) is 88.6 cm³/mol. The van der Waals surface area contributed by atoms with Crippen LogP contribution >= 0.6 is 11.6 Å². The Balaban J connectivity index is 2.44. The van der Waals surface area contributed by atoms with Crippen molar-refractivity contribution in [2.24, 2.45) is 0 Å². The van der Waals surface area contributed by atoms with Gasteiger partial charge in [-0.2, -0.15) is 0 Å². The molecule has 112 valence electrons. The molecule has 0 aliphatic rings. The van der Waals surface area contributed by atoms with Crippen LogP contribution in [0.2, 0.25) is 0 Å². The maximum absolute atomic E-state index is 6.08. The molecule has 0 radical (unpaired) electrons. The van der Waals surface area contributed by atoms with Crippen molar-refractivity contribution in [2.75, 3.05) is 0 Å². The summed E-state index contributed by atoms with van der Waals surface area (Å²) in [7, 11) is 0. The molecule has 0 bridgehead atoms. The maximum atomic E-state index is 6.08. The van der Waals surface area contributed by atoms with Gasteiger partial charge in [0.1, 0.15) is 5.75 Å². The van der Waals surface area contributed by atoms with Gasteiger partial charge >= 0.3 is 0 Å². The number of nitrogens with zero attached hydrogens (tertiary/aromatic N) is 1. The number of benzene rings is 1. The second kappa shape index (κ2) is 6.48. The molecule has 0 aliphatic carbocycles. The highest BCUT2D eigenvalue weighted by Crippen LogP contribution is 2.31. The summed E-state index contributed by atoms with van der Waals surface area (Å²) in [6.45, 7) is 10.5. The first-order valence-electron chi connectivity index (χ1n) is 7.24. The van der Waals surface area contributed by atoms with Gasteiger partial charge in [0.25, 0.3) is 0 Å². The third kappa shape index (κ3) is 3.56. The summed E-state index contributed by atoms with van der Waals surface area (Å²) in [4.78, 5) is 4.61. The van der Waals surface area contributed by atoms with E-state index in [0.29, 0.717) is 17.7 Å². The zero-order valence-corrected chi connectivity index (χ0v) is 14.1. The van der Waals surface area contributed by atoms with Crippen LogP contribution in [-0.4, -0.2) is 4.98 Å². The Morgan fingerprint density at radius 2 is 1.76 bits per heavy atom. The van der Waals surface area contributed by atoms with Crippen LogP contribution in [0, 0.1) is 20.8 Å². The Hall–Kier alpha value is -1.54. The van der Waals surface area contributed by atoms with Gasteiger partial charge in [-0.15, -0.1) is 11.6 Å². The number of ether oxygens (including phenoxy) is 1. The van der Waals surface area contributed by atoms with E-state index in [2.05, 4.69) is 51.7 Å². The molecule has 2 nitrogen and oxygen atoms in total. The first-order valence-corrected chi connectivity index (χ1v) is 7.77. The first kappa shape index (κ1) is 15.8. The molecule has 0 saturated carbocycles. The fraction of sp³-hybridized carbons (Fsp3) is 0.389. The zero-order chi connectivity index (χ0) is 15.6. The van der Waals surface area contributed by atoms with Crippen LogP contribution in [0.3, 0.4) is 0 Å². The molecule has 3 heteroatoms. The molecule has 0 amide bonds. The van der Waals surface area contributed by atoms with E-state index >= 15 is 0 Å². The van der Waals surface area contributed by atoms with Gasteiger partial charge in [0.05, 0.1) is 0 Å². The molecule has 2 rings (SSSR count). The predicted octanol–water partition coefficient (Wildman–Crippen LogP) is 5.66. The van der Waals surface area contributed by atoms with E-state index in [1.165, 1.54) is 5.56 Å². The number of alkyl halides is 1. The van der Waals surface area contributed by atoms with Crippen LogP contribution in [0.25, 0.3) is 0 Å². The molecule has 0 atom stereocenters. The normalized spacial score (nSPS) is 11.0. The lowest BCUT2D eigenvalue weighted by Crippen LogP contribution is -2.00. The Morgan fingerprint density at radius 1 is 1.10 bits per heavy atom. The van der Waals surface area contributed by atoms with Gasteiger partial charge in [-0.05, 0) is 55.0 Å². The van der Waals surface area contributed by atoms with Crippen LogP contribution in [0.1, 0.15) is 47.7 Å². The number of aromatic nitrogens is 1. The van der Waals surface area contributed by atoms with Crippen LogP contribution in [-0.2, 0) is 5.88 Å². The van der Waals surface area contributed by atoms with Crippen molar-refractivity contribution in [3.05, 3.63) is 52.2 Å². The lowest BCUT2D eigenvalue weighted by Gasteiger charge is -2.15. The highest BCUT2D eigenvalue weighted by atomic mass is 35.5. The van der Waals surface area contributed by atoms with Crippen molar-refractivity contribution < 1.29 is 4.74 Å². The highest BCUT2D eigenvalue weighted by Gasteiger charge is 2.11. The quantitative estimate of drug-likeness (QED) is 0.680. The monoisotopic (exact) mass is 303 g/mol. The fourth-order valence-electron chi connectivity index (χ4n) is 2.19. The second-order valence-electron chi connectivity index (χ2n) is 5.78. The Labute approximate surface area is 132 Å². The molecule has 1 aromatic carbocycles. The van der Waals surface area contributed by atoms with E-state index in [4.69, 9.17) is 16.3 Å². The van der Waals surface area contributed by atoms with Gasteiger partial charge in [0.2, 0.25) is 5.88 Å². The summed E-state index contributed by atoms with van der Waals surface area (Å²) in [5.41, 5.74) is 5.52. The van der Waals surface area contributed by atoms with Crippen molar-refractivity contribution in [1.29, 1.82) is 0 Å². The Kier molecular flexibility index (Phi) is 4.89. The van der Waals surface area contributed by atoms with E-state index in [1.54, 1.807) is 0 Å². The van der Waals surface area contributed by atoms with Crippen molar-refractivity contribution in [1.82, 2.24) is 4.98 Å². The zero-order valence-electron chi connectivity index (χ0n) is 13.3. The smallest absolute Gasteiger partial charge is 0.219 e. The van der Waals surface area contributed by atoms with Crippen LogP contribution < -0.4 is 4.74 Å². The van der Waals surface area contributed by atoms with Crippen LogP contribution in [0.15, 0.2) is 24.3 Å². The van der Waals surface area contributed by atoms with Crippen LogP contribution in [0.4, 0.5) is 0 Å². The summed E-state index contributed by atoms with van der Waals surface area (Å²) >= 11 is 5.98. The Morgan fingerprint density at radius 3 is 2.38 bits per heavy atom. The minimum Gasteiger partial charge on any atom is -0.438 e. The van der Waals surface area contributed by atoms with Crippen LogP contribution in [0.5, 0.6) is 11.6 Å². The third-order valence-corrected chi connectivity index (χ3v) is 4.02. The summed E-state index contributed by atoms with van der Waals surface area (Å²) in [5.74, 6) is 2.32. The molecule has 0 aliphatic heterocycles. The van der Waals surface area contributed by atoms with E-state index < -0.39 is 0 Å². The van der Waals surface area contributed by atoms with Crippen molar-refractivity contribution in [3.8, 4) is 11.6 Å². The molecule has 1 heterocycles. The number of rotatable bonds is 4. The topological polar surface area (TPSA) is 22.1 Å². The Bertz CT molecular complexity index is 650. The minimum absolute atomic E-state index is 0.343. The van der Waals surface area contributed by atoms with Gasteiger partial charge in [-0.3, -0.25) is 0 Å². The number of pyridine rings is 1. The average Bonchev–Trinajstić information content (AvgIpc) is 2.47. The lowest BCUT2D eigenvalue weighted by atomic mass is 10.1. The molecule has 1 aromatic heterocycles. The van der Waals surface area contributed by atoms with Gasteiger partial charge in [0.15, 0.2) is 0 Å². The maximum Gasteiger partial charge on any atom is 0.219 e. The highest BCUT2D eigenvalue weighted by molar-refractivity contribution is 6.17. The molecular formula is C18H22ClNO. The lowest BCUT2D eigenvalue weighted by molar-refractivity contribution is 0.451. The largest absolute Gasteiger partial charge is 0.438 e. The molecule has 0 N–H and O–H groups in total. The third-order valence-electron chi connectivity index (χ3n) is 3.71. The summed E-state index contributed by atoms with van der Waals surface area (Å²) in [6, 6.07) is 8.15. The summed E-state index contributed by atoms with van der Waals surface area (Å²) < 4.78 is 6.08. The minimum atomic E-state index is 0.343. The molecule has 0 unspecified atom stereocenters. The molecule has 0 saturated heterocycles. The SMILES string of the molecule is Cc1ccc(C)c(Oc2cc(CCl)cc(C(C)C)n2)c1C. The fourth-order valence-corrected chi connectivity index (χ4v) is 2.35. The molecule has 0 spiro atoms. The summed E-state index contributed by atoms with van der Waals surface area (Å²) in [6.07, 6.45) is 0. The number of hydrogen-bond donors (Lipinski definition) is 0.